The molecule has 0 radical (unpaired) electrons. The molecule has 2 aromatic rings. The predicted molar refractivity (Wildman–Crippen MR) is 281 cm³/mol. The fourth-order valence-corrected chi connectivity index (χ4v) is 4.36. The first-order chi connectivity index (χ1) is 34.4. The molecule has 0 aliphatic carbocycles. The van der Waals surface area contributed by atoms with Crippen LogP contribution in [0.2, 0.25) is 0 Å². The monoisotopic (exact) mass is 995 g/mol. The average Bonchev–Trinajstić information content (AvgIpc) is 3.40. The summed E-state index contributed by atoms with van der Waals surface area (Å²) in [4.78, 5) is 0. The van der Waals surface area contributed by atoms with Crippen LogP contribution in [0.15, 0.2) is 85.5 Å². The highest BCUT2D eigenvalue weighted by atomic mass is 16.7. The number of aliphatic hydroxyl groups excluding tert-OH is 7. The summed E-state index contributed by atoms with van der Waals surface area (Å²) in [6.45, 7) is 15.5. The quantitative estimate of drug-likeness (QED) is 0.0244. The molecule has 15 nitrogen and oxygen atoms in total. The molecule has 2 rings (SSSR count). The van der Waals surface area contributed by atoms with E-state index in [0.717, 1.165) is 28.7 Å². The summed E-state index contributed by atoms with van der Waals surface area (Å²) in [5, 5.41) is 60.5. The van der Waals surface area contributed by atoms with Crippen molar-refractivity contribution in [2.24, 2.45) is 0 Å². The van der Waals surface area contributed by atoms with Crippen molar-refractivity contribution in [1.82, 2.24) is 0 Å². The Morgan fingerprint density at radius 3 is 1.27 bits per heavy atom. The van der Waals surface area contributed by atoms with E-state index in [4.69, 9.17) is 99.3 Å². The van der Waals surface area contributed by atoms with Crippen LogP contribution in [0.3, 0.4) is 0 Å². The molecule has 7 N–H and O–H groups in total. The molecule has 0 fully saturated rings. The lowest BCUT2D eigenvalue weighted by Crippen LogP contribution is -2.47. The molecule has 3 atom stereocenters. The zero-order chi connectivity index (χ0) is 54.1. The number of hydrogen-bond donors (Lipinski definition) is 7. The van der Waals surface area contributed by atoms with Gasteiger partial charge in [0.25, 0.3) is 0 Å². The van der Waals surface area contributed by atoms with Gasteiger partial charge >= 0.3 is 0 Å². The Kier molecular flexibility index (Phi) is 58.6. The van der Waals surface area contributed by atoms with Gasteiger partial charge in [0.1, 0.15) is 13.2 Å². The number of allylic oxidation sites excluding steroid dienone is 5. The predicted octanol–water partition coefficient (Wildman–Crippen LogP) is 4.19. The average molecular weight is 995 g/mol. The SMILES string of the molecule is C#CC#CC#C.C#Cc1ccc(-c2ccc(C#C)cc2)cc1.C=C/C=C/C=C/C.CCC(C)OCC(C)OCC(C)O.OCCOCC(COCCO)(OCCO)OCCO.OCCOCCOCCO. The lowest BCUT2D eigenvalue weighted by Gasteiger charge is -2.33. The molecular formula is C56H82O15. The van der Waals surface area contributed by atoms with Crippen molar-refractivity contribution in [1.29, 1.82) is 0 Å². The second kappa shape index (κ2) is 57.4. The molecule has 0 heterocycles. The summed E-state index contributed by atoms with van der Waals surface area (Å²) in [7, 11) is 0. The topological polar surface area (TPSA) is 215 Å². The minimum Gasteiger partial charge on any atom is -0.394 e. The van der Waals surface area contributed by atoms with Crippen LogP contribution >= 0.6 is 0 Å². The summed E-state index contributed by atoms with van der Waals surface area (Å²) >= 11 is 0. The Labute approximate surface area is 425 Å². The largest absolute Gasteiger partial charge is 0.394 e. The van der Waals surface area contributed by atoms with Gasteiger partial charge < -0.3 is 73.6 Å². The van der Waals surface area contributed by atoms with E-state index in [-0.39, 0.29) is 91.5 Å². The zero-order valence-corrected chi connectivity index (χ0v) is 42.6. The number of rotatable bonds is 31. The van der Waals surface area contributed by atoms with Crippen molar-refractivity contribution in [3.05, 3.63) is 96.6 Å². The van der Waals surface area contributed by atoms with Crippen LogP contribution in [0.25, 0.3) is 11.1 Å². The van der Waals surface area contributed by atoms with Crippen molar-refractivity contribution in [2.75, 3.05) is 119 Å². The van der Waals surface area contributed by atoms with Crippen molar-refractivity contribution < 1.29 is 73.6 Å². The molecule has 0 saturated heterocycles. The lowest BCUT2D eigenvalue weighted by atomic mass is 10.0. The number of aliphatic hydroxyl groups is 7. The fourth-order valence-electron chi connectivity index (χ4n) is 4.36. The van der Waals surface area contributed by atoms with Gasteiger partial charge in [-0.3, -0.25) is 0 Å². The molecule has 0 bridgehead atoms. The van der Waals surface area contributed by atoms with Gasteiger partial charge in [0.15, 0.2) is 0 Å². The molecule has 0 spiro atoms. The molecule has 71 heavy (non-hydrogen) atoms. The standard InChI is InChI=1S/C16H10.C11H24O8.C10H22O3.C7H10.C6H14O4.C6H2/c1-3-13-5-9-15(10-6-13)16-11-7-14(4-2)8-12-16;12-1-5-16-9-11(18-7-3-14,19-8-4-15)10-17-6-2-13;1-5-9(3)13-7-10(4)12-6-8(2)11;1-3-5-7-6-4-2;7-1-3-9-5-6-10-4-2-8;1-3-5-6-4-2/h1-2,5-12H;12-15H,1-10H2;8-11H,5-7H2,1-4H3;3-7H,1H2,2H3;7-8H,1-6H2;1-2H/b;;;6-4+,7-5+;;. The third kappa shape index (κ3) is 51.0. The first-order valence-corrected chi connectivity index (χ1v) is 23.0. The minimum atomic E-state index is -1.28. The van der Waals surface area contributed by atoms with E-state index in [0.29, 0.717) is 39.6 Å². The summed E-state index contributed by atoms with van der Waals surface area (Å²) in [5.74, 6) is 12.5. The summed E-state index contributed by atoms with van der Waals surface area (Å²) in [5.41, 5.74) is 4.07. The fraction of sp³-hybridized carbons (Fsp3) is 0.500. The first kappa shape index (κ1) is 72.4. The van der Waals surface area contributed by atoms with E-state index in [2.05, 4.69) is 49.0 Å². The Balaban J connectivity index is -0.000000395. The van der Waals surface area contributed by atoms with Gasteiger partial charge in [-0.25, -0.2) is 0 Å². The molecule has 2 aromatic carbocycles. The highest BCUT2D eigenvalue weighted by Crippen LogP contribution is 2.20. The van der Waals surface area contributed by atoms with Crippen LogP contribution in [0.4, 0.5) is 0 Å². The van der Waals surface area contributed by atoms with Crippen molar-refractivity contribution in [3.8, 4) is 72.3 Å². The van der Waals surface area contributed by atoms with Gasteiger partial charge in [-0.1, -0.05) is 80.0 Å². The molecule has 3 unspecified atom stereocenters. The van der Waals surface area contributed by atoms with E-state index in [1.54, 1.807) is 13.0 Å². The number of benzene rings is 2. The van der Waals surface area contributed by atoms with Crippen molar-refractivity contribution >= 4 is 0 Å². The third-order valence-electron chi connectivity index (χ3n) is 7.88. The van der Waals surface area contributed by atoms with Crippen LogP contribution < -0.4 is 0 Å². The van der Waals surface area contributed by atoms with Gasteiger partial charge in [0, 0.05) is 11.1 Å². The van der Waals surface area contributed by atoms with E-state index in [1.165, 1.54) is 0 Å². The second-order valence-corrected chi connectivity index (χ2v) is 14.0. The van der Waals surface area contributed by atoms with Crippen molar-refractivity contribution in [3.63, 3.8) is 0 Å². The maximum atomic E-state index is 8.96. The Morgan fingerprint density at radius 1 is 0.549 bits per heavy atom. The van der Waals surface area contributed by atoms with E-state index in [9.17, 15) is 0 Å². The Morgan fingerprint density at radius 2 is 0.944 bits per heavy atom. The van der Waals surface area contributed by atoms with Gasteiger partial charge in [-0.15, -0.1) is 25.7 Å². The minimum absolute atomic E-state index is 0.0103. The zero-order valence-electron chi connectivity index (χ0n) is 42.6. The molecular weight excluding hydrogens is 913 g/mol. The van der Waals surface area contributed by atoms with Crippen LogP contribution in [0.1, 0.15) is 52.2 Å². The lowest BCUT2D eigenvalue weighted by molar-refractivity contribution is -0.287. The second-order valence-electron chi connectivity index (χ2n) is 14.0. The molecule has 0 aromatic heterocycles. The van der Waals surface area contributed by atoms with Crippen LogP contribution in [-0.2, 0) is 37.9 Å². The summed E-state index contributed by atoms with van der Waals surface area (Å²) in [6, 6.07) is 15.8. The van der Waals surface area contributed by atoms with Crippen LogP contribution in [0, 0.1) is 61.2 Å². The highest BCUT2D eigenvalue weighted by Gasteiger charge is 2.33. The maximum absolute atomic E-state index is 8.96. The first-order valence-electron chi connectivity index (χ1n) is 23.0. The summed E-state index contributed by atoms with van der Waals surface area (Å²) < 4.78 is 41.6. The molecule has 15 heteroatoms. The van der Waals surface area contributed by atoms with Gasteiger partial charge in [-0.2, -0.15) is 0 Å². The Hall–Kier alpha value is -5.14. The van der Waals surface area contributed by atoms with Crippen LogP contribution in [-0.4, -0.2) is 179 Å². The van der Waals surface area contributed by atoms with Crippen molar-refractivity contribution in [2.45, 2.75) is 65.1 Å². The van der Waals surface area contributed by atoms with Gasteiger partial charge in [0.05, 0.1) is 124 Å². The highest BCUT2D eigenvalue weighted by molar-refractivity contribution is 5.65. The molecule has 0 aliphatic rings. The molecule has 396 valence electrons. The third-order valence-corrected chi connectivity index (χ3v) is 7.88. The molecule has 0 saturated carbocycles. The normalized spacial score (nSPS) is 11.4. The number of ether oxygens (including phenoxy) is 8. The number of hydrogen-bond acceptors (Lipinski definition) is 15. The molecule has 0 amide bonds. The molecule has 0 aliphatic heterocycles. The smallest absolute Gasteiger partial charge is 0.216 e. The van der Waals surface area contributed by atoms with E-state index in [1.807, 2.05) is 93.6 Å². The Bertz CT molecular complexity index is 1670. The summed E-state index contributed by atoms with van der Waals surface area (Å²) in [6.07, 6.45) is 30.5. The van der Waals surface area contributed by atoms with Gasteiger partial charge in [0.2, 0.25) is 5.79 Å². The number of terminal acetylenes is 4. The van der Waals surface area contributed by atoms with E-state index >= 15 is 0 Å². The van der Waals surface area contributed by atoms with Gasteiger partial charge in [-0.05, 0) is 93.2 Å². The van der Waals surface area contributed by atoms with Crippen LogP contribution in [0.5, 0.6) is 0 Å². The maximum Gasteiger partial charge on any atom is 0.216 e. The van der Waals surface area contributed by atoms with E-state index < -0.39 is 11.9 Å².